The van der Waals surface area contributed by atoms with Crippen molar-refractivity contribution in [3.05, 3.63) is 28.2 Å². The minimum absolute atomic E-state index is 0.204. The van der Waals surface area contributed by atoms with Crippen LogP contribution in [0.3, 0.4) is 0 Å². The summed E-state index contributed by atoms with van der Waals surface area (Å²) in [5, 5.41) is 11.0. The Morgan fingerprint density at radius 3 is 2.62 bits per heavy atom. The van der Waals surface area contributed by atoms with Gasteiger partial charge in [0, 0.05) is 24.0 Å². The van der Waals surface area contributed by atoms with Gasteiger partial charge in [-0.2, -0.15) is 0 Å². The van der Waals surface area contributed by atoms with Crippen LogP contribution in [0, 0.1) is 5.41 Å². The molecule has 1 aliphatic heterocycles. The molecule has 1 aromatic heterocycles. The van der Waals surface area contributed by atoms with Crippen LogP contribution in [0.1, 0.15) is 36.6 Å². The standard InChI is InChI=1S/C17H17ClN2O3S/c18-11-1-2-13-12(9-11)19-14(24-13)10-3-7-20(8-4-10)15(21)17(5-6-17)16(22)23/h1-2,9-10H,3-8H2,(H,22,23). The number of carboxylic acids is 1. The van der Waals surface area contributed by atoms with Gasteiger partial charge in [0.25, 0.3) is 0 Å². The lowest BCUT2D eigenvalue weighted by Gasteiger charge is -2.32. The summed E-state index contributed by atoms with van der Waals surface area (Å²) in [6.45, 7) is 1.21. The maximum absolute atomic E-state index is 12.5. The number of likely N-dealkylation sites (tertiary alicyclic amines) is 1. The van der Waals surface area contributed by atoms with Gasteiger partial charge in [0.2, 0.25) is 5.91 Å². The minimum Gasteiger partial charge on any atom is -0.480 e. The van der Waals surface area contributed by atoms with Crippen LogP contribution in [0.15, 0.2) is 18.2 Å². The zero-order chi connectivity index (χ0) is 16.9. The van der Waals surface area contributed by atoms with E-state index in [1.165, 1.54) is 0 Å². The number of rotatable bonds is 3. The van der Waals surface area contributed by atoms with Crippen molar-refractivity contribution in [1.29, 1.82) is 0 Å². The number of hydrogen-bond donors (Lipinski definition) is 1. The van der Waals surface area contributed by atoms with Crippen molar-refractivity contribution in [3.63, 3.8) is 0 Å². The smallest absolute Gasteiger partial charge is 0.319 e. The number of hydrogen-bond acceptors (Lipinski definition) is 4. The number of thiazole rings is 1. The van der Waals surface area contributed by atoms with Crippen molar-refractivity contribution >= 4 is 45.0 Å². The molecule has 7 heteroatoms. The van der Waals surface area contributed by atoms with Gasteiger partial charge in [-0.25, -0.2) is 4.98 Å². The SMILES string of the molecule is O=C(O)C1(C(=O)N2CCC(c3nc4cc(Cl)ccc4s3)CC2)CC1. The molecule has 2 aliphatic rings. The first-order valence-corrected chi connectivity index (χ1v) is 9.28. The molecule has 1 saturated carbocycles. The van der Waals surface area contributed by atoms with Gasteiger partial charge in [0.15, 0.2) is 0 Å². The largest absolute Gasteiger partial charge is 0.480 e. The second-order valence-electron chi connectivity index (χ2n) is 6.62. The summed E-state index contributed by atoms with van der Waals surface area (Å²) in [6, 6.07) is 5.73. The van der Waals surface area contributed by atoms with Crippen LogP contribution in [-0.4, -0.2) is 40.0 Å². The Kier molecular flexibility index (Phi) is 3.77. The molecule has 5 nitrogen and oxygen atoms in total. The lowest BCUT2D eigenvalue weighted by atomic mass is 9.95. The van der Waals surface area contributed by atoms with Gasteiger partial charge in [-0.15, -0.1) is 11.3 Å². The van der Waals surface area contributed by atoms with Gasteiger partial charge < -0.3 is 10.0 Å². The normalized spacial score (nSPS) is 20.3. The summed E-state index contributed by atoms with van der Waals surface area (Å²) in [7, 11) is 0. The molecule has 0 atom stereocenters. The monoisotopic (exact) mass is 364 g/mol. The Labute approximate surface area is 148 Å². The fourth-order valence-corrected chi connectivity index (χ4v) is 4.65. The van der Waals surface area contributed by atoms with E-state index in [0.29, 0.717) is 36.9 Å². The second-order valence-corrected chi connectivity index (χ2v) is 8.12. The maximum Gasteiger partial charge on any atom is 0.319 e. The predicted octanol–water partition coefficient (Wildman–Crippen LogP) is 3.52. The van der Waals surface area contributed by atoms with Crippen molar-refractivity contribution in [3.8, 4) is 0 Å². The lowest BCUT2D eigenvalue weighted by molar-refractivity contribution is -0.153. The summed E-state index contributed by atoms with van der Waals surface area (Å²) in [4.78, 5) is 30.2. The topological polar surface area (TPSA) is 70.5 Å². The molecule has 2 heterocycles. The highest BCUT2D eigenvalue weighted by Gasteiger charge is 2.58. The van der Waals surface area contributed by atoms with Crippen LogP contribution >= 0.6 is 22.9 Å². The number of nitrogens with zero attached hydrogens (tertiary/aromatic N) is 2. The number of carboxylic acid groups (broad SMARTS) is 1. The van der Waals surface area contributed by atoms with Gasteiger partial charge in [-0.1, -0.05) is 11.6 Å². The van der Waals surface area contributed by atoms with Crippen molar-refractivity contribution in [1.82, 2.24) is 9.88 Å². The average Bonchev–Trinajstić information content (AvgIpc) is 3.29. The van der Waals surface area contributed by atoms with E-state index in [1.807, 2.05) is 18.2 Å². The van der Waals surface area contributed by atoms with Crippen LogP contribution in [0.4, 0.5) is 0 Å². The lowest BCUT2D eigenvalue weighted by Crippen LogP contribution is -2.44. The van der Waals surface area contributed by atoms with Crippen LogP contribution in [-0.2, 0) is 9.59 Å². The molecule has 0 bridgehead atoms. The number of aliphatic carboxylic acids is 1. The first-order valence-electron chi connectivity index (χ1n) is 8.08. The summed E-state index contributed by atoms with van der Waals surface area (Å²) in [5.74, 6) is -0.854. The summed E-state index contributed by atoms with van der Waals surface area (Å²) >= 11 is 7.69. The van der Waals surface area contributed by atoms with Crippen molar-refractivity contribution < 1.29 is 14.7 Å². The van der Waals surface area contributed by atoms with Crippen LogP contribution in [0.5, 0.6) is 0 Å². The zero-order valence-corrected chi connectivity index (χ0v) is 14.6. The number of benzene rings is 1. The van der Waals surface area contributed by atoms with E-state index in [0.717, 1.165) is 28.1 Å². The number of amides is 1. The first-order chi connectivity index (χ1) is 11.5. The number of fused-ring (bicyclic) bond motifs is 1. The quantitative estimate of drug-likeness (QED) is 0.846. The van der Waals surface area contributed by atoms with Gasteiger partial charge >= 0.3 is 5.97 Å². The van der Waals surface area contributed by atoms with E-state index in [-0.39, 0.29) is 5.91 Å². The summed E-state index contributed by atoms with van der Waals surface area (Å²) in [6.07, 6.45) is 2.60. The van der Waals surface area contributed by atoms with Crippen molar-refractivity contribution in [2.45, 2.75) is 31.6 Å². The highest BCUT2D eigenvalue weighted by molar-refractivity contribution is 7.18. The molecule has 0 unspecified atom stereocenters. The molecule has 1 saturated heterocycles. The van der Waals surface area contributed by atoms with E-state index in [2.05, 4.69) is 0 Å². The number of carbonyl (C=O) groups excluding carboxylic acids is 1. The Balaban J connectivity index is 1.45. The molecule has 2 fully saturated rings. The maximum atomic E-state index is 12.5. The van der Waals surface area contributed by atoms with Crippen LogP contribution in [0.2, 0.25) is 5.02 Å². The molecule has 4 rings (SSSR count). The third-order valence-corrected chi connectivity index (χ3v) is 6.50. The Morgan fingerprint density at radius 1 is 1.29 bits per heavy atom. The van der Waals surface area contributed by atoms with Crippen LogP contribution < -0.4 is 0 Å². The average molecular weight is 365 g/mol. The summed E-state index contributed by atoms with van der Waals surface area (Å²) < 4.78 is 1.12. The minimum atomic E-state index is -1.13. The molecule has 1 aliphatic carbocycles. The van der Waals surface area contributed by atoms with E-state index in [9.17, 15) is 14.7 Å². The zero-order valence-electron chi connectivity index (χ0n) is 13.0. The molecule has 1 aromatic carbocycles. The summed E-state index contributed by atoms with van der Waals surface area (Å²) in [5.41, 5.74) is -0.205. The molecule has 24 heavy (non-hydrogen) atoms. The number of carbonyl (C=O) groups is 2. The Hall–Kier alpha value is -1.66. The van der Waals surface area contributed by atoms with Gasteiger partial charge in [0.05, 0.1) is 15.2 Å². The third kappa shape index (κ3) is 2.58. The van der Waals surface area contributed by atoms with Crippen molar-refractivity contribution in [2.24, 2.45) is 5.41 Å². The van der Waals surface area contributed by atoms with Crippen molar-refractivity contribution in [2.75, 3.05) is 13.1 Å². The predicted molar refractivity (Wildman–Crippen MR) is 92.5 cm³/mol. The van der Waals surface area contributed by atoms with E-state index in [4.69, 9.17) is 16.6 Å². The molecular weight excluding hydrogens is 348 g/mol. The van der Waals surface area contributed by atoms with E-state index >= 15 is 0 Å². The molecule has 0 spiro atoms. The third-order valence-electron chi connectivity index (χ3n) is 5.07. The second kappa shape index (κ2) is 5.70. The fraction of sp³-hybridized carbons (Fsp3) is 0.471. The number of aromatic nitrogens is 1. The molecule has 1 amide bonds. The molecular formula is C17H17ClN2O3S. The molecule has 2 aromatic rings. The first kappa shape index (κ1) is 15.8. The highest BCUT2D eigenvalue weighted by Crippen LogP contribution is 2.48. The molecule has 0 radical (unpaired) electrons. The van der Waals surface area contributed by atoms with E-state index < -0.39 is 11.4 Å². The van der Waals surface area contributed by atoms with Gasteiger partial charge in [0.1, 0.15) is 5.41 Å². The van der Waals surface area contributed by atoms with E-state index in [1.54, 1.807) is 16.2 Å². The Bertz CT molecular complexity index is 822. The fourth-order valence-electron chi connectivity index (χ4n) is 3.37. The highest BCUT2D eigenvalue weighted by atomic mass is 35.5. The molecule has 126 valence electrons. The van der Waals surface area contributed by atoms with Gasteiger partial charge in [-0.3, -0.25) is 9.59 Å². The Morgan fingerprint density at radius 2 is 2.00 bits per heavy atom. The number of piperidine rings is 1. The molecule has 1 N–H and O–H groups in total. The van der Waals surface area contributed by atoms with Gasteiger partial charge in [-0.05, 0) is 43.9 Å². The van der Waals surface area contributed by atoms with Crippen LogP contribution in [0.25, 0.3) is 10.2 Å². The number of halogens is 1.